The maximum atomic E-state index is 12.1. The summed E-state index contributed by atoms with van der Waals surface area (Å²) in [5.41, 5.74) is -0.305. The van der Waals surface area contributed by atoms with Crippen LogP contribution in [0.2, 0.25) is 0 Å². The van der Waals surface area contributed by atoms with E-state index >= 15 is 0 Å². The topological polar surface area (TPSA) is 78.9 Å². The van der Waals surface area contributed by atoms with Crippen LogP contribution < -0.4 is 5.32 Å². The average molecular weight is 258 g/mol. The number of ether oxygens (including phenoxy) is 1. The van der Waals surface area contributed by atoms with E-state index in [1.165, 1.54) is 4.90 Å². The summed E-state index contributed by atoms with van der Waals surface area (Å²) >= 11 is 0. The number of nitrogens with zero attached hydrogens (tertiary/aromatic N) is 1. The van der Waals surface area contributed by atoms with Crippen LogP contribution >= 0.6 is 0 Å². The second kappa shape index (κ2) is 6.04. The van der Waals surface area contributed by atoms with Gasteiger partial charge in [-0.15, -0.1) is 0 Å². The number of amides is 2. The highest BCUT2D eigenvalue weighted by Gasteiger charge is 2.31. The van der Waals surface area contributed by atoms with Crippen LogP contribution in [0.1, 0.15) is 33.6 Å². The van der Waals surface area contributed by atoms with Gasteiger partial charge in [0.25, 0.3) is 0 Å². The Hall–Kier alpha value is -1.30. The van der Waals surface area contributed by atoms with Gasteiger partial charge in [0.2, 0.25) is 0 Å². The van der Waals surface area contributed by atoms with Crippen molar-refractivity contribution in [2.45, 2.75) is 45.2 Å². The van der Waals surface area contributed by atoms with E-state index in [4.69, 9.17) is 9.84 Å². The lowest BCUT2D eigenvalue weighted by Crippen LogP contribution is -2.56. The van der Waals surface area contributed by atoms with Crippen LogP contribution in [-0.2, 0) is 9.53 Å². The third kappa shape index (κ3) is 4.18. The van der Waals surface area contributed by atoms with E-state index in [1.807, 2.05) is 6.92 Å². The van der Waals surface area contributed by atoms with Crippen LogP contribution in [0.15, 0.2) is 0 Å². The van der Waals surface area contributed by atoms with Crippen molar-refractivity contribution in [3.63, 3.8) is 0 Å². The number of hydrogen-bond donors (Lipinski definition) is 2. The molecule has 2 amide bonds. The smallest absolute Gasteiger partial charge is 0.323 e. The Morgan fingerprint density at radius 1 is 1.39 bits per heavy atom. The lowest BCUT2D eigenvalue weighted by Gasteiger charge is -2.37. The van der Waals surface area contributed by atoms with Crippen LogP contribution in [0.25, 0.3) is 0 Å². The second-order valence-corrected chi connectivity index (χ2v) is 5.22. The molecule has 0 aromatic carbocycles. The minimum atomic E-state index is -1.00. The first-order chi connectivity index (χ1) is 8.34. The highest BCUT2D eigenvalue weighted by molar-refractivity contribution is 5.80. The van der Waals surface area contributed by atoms with Crippen molar-refractivity contribution in [2.24, 2.45) is 0 Å². The summed E-state index contributed by atoms with van der Waals surface area (Å²) in [4.78, 5) is 24.2. The molecular weight excluding hydrogens is 236 g/mol. The Kier molecular flexibility index (Phi) is 4.95. The lowest BCUT2D eigenvalue weighted by atomic mass is 9.93. The largest absolute Gasteiger partial charge is 0.480 e. The zero-order valence-corrected chi connectivity index (χ0v) is 11.2. The van der Waals surface area contributed by atoms with Crippen molar-refractivity contribution < 1.29 is 19.4 Å². The summed E-state index contributed by atoms with van der Waals surface area (Å²) in [6, 6.07) is -0.471. The molecule has 1 aliphatic rings. The molecule has 104 valence electrons. The van der Waals surface area contributed by atoms with Gasteiger partial charge in [-0.2, -0.15) is 0 Å². The molecule has 0 aromatic heterocycles. The van der Waals surface area contributed by atoms with E-state index in [0.29, 0.717) is 13.2 Å². The molecule has 1 saturated heterocycles. The number of rotatable bonds is 4. The van der Waals surface area contributed by atoms with Gasteiger partial charge in [0, 0.05) is 24.8 Å². The Morgan fingerprint density at radius 3 is 2.39 bits per heavy atom. The third-order valence-corrected chi connectivity index (χ3v) is 3.19. The molecule has 0 saturated carbocycles. The number of nitrogens with one attached hydrogen (secondary N) is 1. The van der Waals surface area contributed by atoms with Crippen LogP contribution in [0.3, 0.4) is 0 Å². The molecule has 6 heteroatoms. The van der Waals surface area contributed by atoms with Gasteiger partial charge < -0.3 is 20.1 Å². The second-order valence-electron chi connectivity index (χ2n) is 5.22. The Morgan fingerprint density at radius 2 is 1.94 bits per heavy atom. The van der Waals surface area contributed by atoms with E-state index < -0.39 is 5.97 Å². The molecule has 0 unspecified atom stereocenters. The van der Waals surface area contributed by atoms with Crippen molar-refractivity contribution in [3.05, 3.63) is 0 Å². The van der Waals surface area contributed by atoms with E-state index in [0.717, 1.165) is 12.8 Å². The van der Waals surface area contributed by atoms with Crippen molar-refractivity contribution >= 4 is 12.0 Å². The van der Waals surface area contributed by atoms with Crippen LogP contribution in [0.5, 0.6) is 0 Å². The predicted octanol–water partition coefficient (Wildman–Crippen LogP) is 1.06. The molecule has 1 rings (SSSR count). The van der Waals surface area contributed by atoms with Crippen molar-refractivity contribution in [1.82, 2.24) is 10.2 Å². The molecule has 18 heavy (non-hydrogen) atoms. The minimum absolute atomic E-state index is 0.149. The first-order valence-corrected chi connectivity index (χ1v) is 6.22. The van der Waals surface area contributed by atoms with Gasteiger partial charge in [-0.1, -0.05) is 0 Å². The summed E-state index contributed by atoms with van der Waals surface area (Å²) in [5.74, 6) is -1.00. The standard InChI is InChI=1S/C12H22N2O4/c1-9(2)14(8-10(15)16)11(17)13-12(3)4-6-18-7-5-12/h9H,4-8H2,1-3H3,(H,13,17)(H,15,16). The molecule has 1 fully saturated rings. The number of carbonyl (C=O) groups excluding carboxylic acids is 1. The summed E-state index contributed by atoms with van der Waals surface area (Å²) in [5, 5.41) is 11.7. The molecule has 2 N–H and O–H groups in total. The Bertz CT molecular complexity index is 311. The third-order valence-electron chi connectivity index (χ3n) is 3.19. The highest BCUT2D eigenvalue weighted by Crippen LogP contribution is 2.20. The number of carbonyl (C=O) groups is 2. The summed E-state index contributed by atoms with van der Waals surface area (Å²) in [7, 11) is 0. The van der Waals surface area contributed by atoms with Crippen molar-refractivity contribution in [3.8, 4) is 0 Å². The lowest BCUT2D eigenvalue weighted by molar-refractivity contribution is -0.138. The Balaban J connectivity index is 2.62. The fourth-order valence-electron chi connectivity index (χ4n) is 1.91. The number of aliphatic carboxylic acids is 1. The van der Waals surface area contributed by atoms with Gasteiger partial charge in [0.15, 0.2) is 0 Å². The minimum Gasteiger partial charge on any atom is -0.480 e. The van der Waals surface area contributed by atoms with E-state index in [2.05, 4.69) is 5.32 Å². The molecule has 0 aromatic rings. The van der Waals surface area contributed by atoms with Gasteiger partial charge in [0.1, 0.15) is 6.54 Å². The van der Waals surface area contributed by atoms with Gasteiger partial charge in [0.05, 0.1) is 0 Å². The van der Waals surface area contributed by atoms with Crippen molar-refractivity contribution in [1.29, 1.82) is 0 Å². The SMILES string of the molecule is CC(C)N(CC(=O)O)C(=O)NC1(C)CCOCC1. The number of carboxylic acids is 1. The zero-order valence-electron chi connectivity index (χ0n) is 11.2. The zero-order chi connectivity index (χ0) is 13.8. The first kappa shape index (κ1) is 14.8. The van der Waals surface area contributed by atoms with E-state index in [9.17, 15) is 9.59 Å². The summed E-state index contributed by atoms with van der Waals surface area (Å²) in [6.07, 6.45) is 1.50. The number of urea groups is 1. The molecule has 6 nitrogen and oxygen atoms in total. The fourth-order valence-corrected chi connectivity index (χ4v) is 1.91. The average Bonchev–Trinajstić information content (AvgIpc) is 2.25. The van der Waals surface area contributed by atoms with Crippen LogP contribution in [-0.4, -0.2) is 53.3 Å². The summed E-state index contributed by atoms with van der Waals surface area (Å²) in [6.45, 7) is 6.53. The molecule has 0 atom stereocenters. The molecule has 0 aliphatic carbocycles. The molecule has 0 bridgehead atoms. The number of hydrogen-bond acceptors (Lipinski definition) is 3. The molecule has 1 aliphatic heterocycles. The van der Waals surface area contributed by atoms with Gasteiger partial charge in [-0.05, 0) is 33.6 Å². The summed E-state index contributed by atoms with van der Waals surface area (Å²) < 4.78 is 5.26. The maximum Gasteiger partial charge on any atom is 0.323 e. The first-order valence-electron chi connectivity index (χ1n) is 6.22. The van der Waals surface area contributed by atoms with E-state index in [1.54, 1.807) is 13.8 Å². The predicted molar refractivity (Wildman–Crippen MR) is 66.5 cm³/mol. The van der Waals surface area contributed by atoms with Gasteiger partial charge in [-0.25, -0.2) is 4.79 Å². The molecule has 0 radical (unpaired) electrons. The van der Waals surface area contributed by atoms with Gasteiger partial charge in [-0.3, -0.25) is 4.79 Å². The fraction of sp³-hybridized carbons (Fsp3) is 0.833. The molecule has 1 heterocycles. The normalized spacial score (nSPS) is 18.4. The molecular formula is C12H22N2O4. The maximum absolute atomic E-state index is 12.1. The van der Waals surface area contributed by atoms with Gasteiger partial charge >= 0.3 is 12.0 Å². The van der Waals surface area contributed by atoms with Crippen LogP contribution in [0.4, 0.5) is 4.79 Å². The molecule has 0 spiro atoms. The van der Waals surface area contributed by atoms with Crippen LogP contribution in [0, 0.1) is 0 Å². The quantitative estimate of drug-likeness (QED) is 0.790. The van der Waals surface area contributed by atoms with Crippen molar-refractivity contribution in [2.75, 3.05) is 19.8 Å². The number of carboxylic acid groups (broad SMARTS) is 1. The highest BCUT2D eigenvalue weighted by atomic mass is 16.5. The van der Waals surface area contributed by atoms with E-state index in [-0.39, 0.29) is 24.2 Å². The monoisotopic (exact) mass is 258 g/mol. The Labute approximate surface area is 107 Å².